The number of nitrogens with zero attached hydrogens (tertiary/aromatic N) is 3. The molecule has 9 heteroatoms. The van der Waals surface area contributed by atoms with E-state index >= 15 is 0 Å². The number of piperazine rings is 1. The van der Waals surface area contributed by atoms with Gasteiger partial charge in [-0.15, -0.1) is 0 Å². The standard InChI is InChI=1S/C21H19ClFN3O3S/c1-14-19(11-15-5-6-17(23)13-20(15)24-14)21(27)25-7-9-26(10-8-25)30(28,29)18-4-2-3-16(22)12-18/h2-6,11-13H,7-10H2,1H3. The topological polar surface area (TPSA) is 70.6 Å². The van der Waals surface area contributed by atoms with Gasteiger partial charge in [-0.2, -0.15) is 4.31 Å². The fraction of sp³-hybridized carbons (Fsp3) is 0.238. The van der Waals surface area contributed by atoms with Gasteiger partial charge in [-0.25, -0.2) is 12.8 Å². The van der Waals surface area contributed by atoms with Crippen LogP contribution in [0.5, 0.6) is 0 Å². The van der Waals surface area contributed by atoms with Crippen molar-refractivity contribution in [3.05, 3.63) is 70.6 Å². The van der Waals surface area contributed by atoms with Crippen molar-refractivity contribution in [1.29, 1.82) is 0 Å². The predicted molar refractivity (Wildman–Crippen MR) is 113 cm³/mol. The van der Waals surface area contributed by atoms with E-state index in [1.807, 2.05) is 0 Å². The van der Waals surface area contributed by atoms with Gasteiger partial charge in [0.1, 0.15) is 5.82 Å². The van der Waals surface area contributed by atoms with Crippen LogP contribution in [0.2, 0.25) is 5.02 Å². The van der Waals surface area contributed by atoms with E-state index in [0.29, 0.717) is 27.2 Å². The molecule has 1 aromatic heterocycles. The average Bonchev–Trinajstić information content (AvgIpc) is 2.73. The zero-order valence-electron chi connectivity index (χ0n) is 16.2. The highest BCUT2D eigenvalue weighted by Gasteiger charge is 2.31. The van der Waals surface area contributed by atoms with Crippen molar-refractivity contribution in [3.8, 4) is 0 Å². The van der Waals surface area contributed by atoms with E-state index in [0.717, 1.165) is 0 Å². The molecule has 0 unspecified atom stereocenters. The third-order valence-corrected chi connectivity index (χ3v) is 7.29. The monoisotopic (exact) mass is 447 g/mol. The molecule has 1 aliphatic rings. The van der Waals surface area contributed by atoms with E-state index in [4.69, 9.17) is 11.6 Å². The molecule has 3 aromatic rings. The van der Waals surface area contributed by atoms with Crippen molar-refractivity contribution in [2.24, 2.45) is 0 Å². The smallest absolute Gasteiger partial charge is 0.255 e. The Morgan fingerprint density at radius 1 is 1.07 bits per heavy atom. The van der Waals surface area contributed by atoms with Gasteiger partial charge in [0.25, 0.3) is 5.91 Å². The molecule has 0 radical (unpaired) electrons. The van der Waals surface area contributed by atoms with Crippen LogP contribution in [0, 0.1) is 12.7 Å². The van der Waals surface area contributed by atoms with E-state index in [-0.39, 0.29) is 42.8 Å². The SMILES string of the molecule is Cc1nc2cc(F)ccc2cc1C(=O)N1CCN(S(=O)(=O)c2cccc(Cl)c2)CC1. The fourth-order valence-corrected chi connectivity index (χ4v) is 5.26. The number of hydrogen-bond donors (Lipinski definition) is 0. The number of benzene rings is 2. The van der Waals surface area contributed by atoms with Gasteiger partial charge in [-0.3, -0.25) is 9.78 Å². The van der Waals surface area contributed by atoms with Crippen LogP contribution < -0.4 is 0 Å². The maximum Gasteiger partial charge on any atom is 0.255 e. The van der Waals surface area contributed by atoms with Crippen LogP contribution in [0.1, 0.15) is 16.1 Å². The van der Waals surface area contributed by atoms with E-state index < -0.39 is 10.0 Å². The number of amides is 1. The molecule has 0 bridgehead atoms. The van der Waals surface area contributed by atoms with Crippen LogP contribution in [0.25, 0.3) is 10.9 Å². The van der Waals surface area contributed by atoms with Gasteiger partial charge in [0.2, 0.25) is 10.0 Å². The first-order valence-corrected chi connectivity index (χ1v) is 11.2. The van der Waals surface area contributed by atoms with Gasteiger partial charge in [-0.1, -0.05) is 17.7 Å². The van der Waals surface area contributed by atoms with Gasteiger partial charge in [-0.05, 0) is 43.3 Å². The Morgan fingerprint density at radius 3 is 2.50 bits per heavy atom. The van der Waals surface area contributed by atoms with Crippen LogP contribution in [-0.4, -0.2) is 54.7 Å². The van der Waals surface area contributed by atoms with Gasteiger partial charge < -0.3 is 4.90 Å². The highest BCUT2D eigenvalue weighted by molar-refractivity contribution is 7.89. The number of aromatic nitrogens is 1. The number of carbonyl (C=O) groups excluding carboxylic acids is 1. The lowest BCUT2D eigenvalue weighted by molar-refractivity contribution is 0.0697. The Labute approximate surface area is 178 Å². The Kier molecular flexibility index (Phi) is 5.48. The van der Waals surface area contributed by atoms with Gasteiger partial charge in [0.15, 0.2) is 0 Å². The largest absolute Gasteiger partial charge is 0.336 e. The molecule has 4 rings (SSSR count). The van der Waals surface area contributed by atoms with Crippen molar-refractivity contribution in [3.63, 3.8) is 0 Å². The van der Waals surface area contributed by atoms with Crippen LogP contribution in [0.15, 0.2) is 53.4 Å². The molecule has 1 saturated heterocycles. The summed E-state index contributed by atoms with van der Waals surface area (Å²) in [4.78, 5) is 19.1. The Morgan fingerprint density at radius 2 is 1.80 bits per heavy atom. The molecule has 1 amide bonds. The summed E-state index contributed by atoms with van der Waals surface area (Å²) >= 11 is 5.92. The molecular weight excluding hydrogens is 429 g/mol. The molecule has 30 heavy (non-hydrogen) atoms. The van der Waals surface area contributed by atoms with Crippen molar-refractivity contribution >= 4 is 38.4 Å². The second kappa shape index (κ2) is 7.94. The number of carbonyl (C=O) groups is 1. The van der Waals surface area contributed by atoms with Crippen LogP contribution in [0.4, 0.5) is 4.39 Å². The summed E-state index contributed by atoms with van der Waals surface area (Å²) < 4.78 is 40.5. The molecule has 6 nitrogen and oxygen atoms in total. The third-order valence-electron chi connectivity index (χ3n) is 5.16. The summed E-state index contributed by atoms with van der Waals surface area (Å²) in [6.45, 7) is 2.61. The molecule has 156 valence electrons. The lowest BCUT2D eigenvalue weighted by Gasteiger charge is -2.34. The van der Waals surface area contributed by atoms with Crippen LogP contribution in [-0.2, 0) is 10.0 Å². The Bertz CT molecular complexity index is 1240. The van der Waals surface area contributed by atoms with E-state index in [1.54, 1.807) is 36.1 Å². The molecule has 0 saturated carbocycles. The first kappa shape index (κ1) is 20.7. The molecule has 0 aliphatic carbocycles. The Hall–Kier alpha value is -2.55. The molecule has 1 fully saturated rings. The quantitative estimate of drug-likeness (QED) is 0.616. The average molecular weight is 448 g/mol. The van der Waals surface area contributed by atoms with E-state index in [9.17, 15) is 17.6 Å². The third kappa shape index (κ3) is 3.90. The van der Waals surface area contributed by atoms with Gasteiger partial charge in [0, 0.05) is 42.7 Å². The molecule has 2 aromatic carbocycles. The van der Waals surface area contributed by atoms with E-state index in [1.165, 1.54) is 28.6 Å². The maximum atomic E-state index is 13.4. The lowest BCUT2D eigenvalue weighted by atomic mass is 10.1. The van der Waals surface area contributed by atoms with Crippen LogP contribution >= 0.6 is 11.6 Å². The second-order valence-electron chi connectivity index (χ2n) is 7.11. The lowest BCUT2D eigenvalue weighted by Crippen LogP contribution is -2.50. The summed E-state index contributed by atoms with van der Waals surface area (Å²) in [5, 5.41) is 1.02. The summed E-state index contributed by atoms with van der Waals surface area (Å²) in [5.74, 6) is -0.600. The predicted octanol–water partition coefficient (Wildman–Crippen LogP) is 3.48. The zero-order chi connectivity index (χ0) is 21.5. The highest BCUT2D eigenvalue weighted by atomic mass is 35.5. The van der Waals surface area contributed by atoms with Crippen molar-refractivity contribution in [2.75, 3.05) is 26.2 Å². The number of fused-ring (bicyclic) bond motifs is 1. The van der Waals surface area contributed by atoms with E-state index in [2.05, 4.69) is 4.98 Å². The van der Waals surface area contributed by atoms with Gasteiger partial charge >= 0.3 is 0 Å². The minimum absolute atomic E-state index is 0.136. The molecular formula is C21H19ClFN3O3S. The summed E-state index contributed by atoms with van der Waals surface area (Å²) in [5.41, 5.74) is 1.42. The van der Waals surface area contributed by atoms with Crippen molar-refractivity contribution in [1.82, 2.24) is 14.2 Å². The summed E-state index contributed by atoms with van der Waals surface area (Å²) in [7, 11) is -3.68. The normalized spacial score (nSPS) is 15.5. The molecule has 1 aliphatic heterocycles. The number of pyridine rings is 1. The number of hydrogen-bond acceptors (Lipinski definition) is 4. The van der Waals surface area contributed by atoms with Crippen molar-refractivity contribution < 1.29 is 17.6 Å². The molecule has 2 heterocycles. The highest BCUT2D eigenvalue weighted by Crippen LogP contribution is 2.23. The summed E-state index contributed by atoms with van der Waals surface area (Å²) in [6, 6.07) is 12.1. The van der Waals surface area contributed by atoms with Crippen LogP contribution in [0.3, 0.4) is 0 Å². The number of sulfonamides is 1. The summed E-state index contributed by atoms with van der Waals surface area (Å²) in [6.07, 6.45) is 0. The number of halogens is 2. The van der Waals surface area contributed by atoms with Crippen molar-refractivity contribution in [2.45, 2.75) is 11.8 Å². The number of aryl methyl sites for hydroxylation is 1. The molecule has 0 N–H and O–H groups in total. The number of rotatable bonds is 3. The Balaban J connectivity index is 1.51. The maximum absolute atomic E-state index is 13.4. The van der Waals surface area contributed by atoms with Gasteiger partial charge in [0.05, 0.1) is 21.7 Å². The minimum atomic E-state index is -3.68. The zero-order valence-corrected chi connectivity index (χ0v) is 17.8. The minimum Gasteiger partial charge on any atom is -0.336 e. The molecule has 0 spiro atoms. The fourth-order valence-electron chi connectivity index (χ4n) is 3.53. The second-order valence-corrected chi connectivity index (χ2v) is 9.49. The first-order valence-electron chi connectivity index (χ1n) is 9.37. The first-order chi connectivity index (χ1) is 14.3. The molecule has 0 atom stereocenters.